The third-order valence-electron chi connectivity index (χ3n) is 6.14. The third kappa shape index (κ3) is 6.53. The summed E-state index contributed by atoms with van der Waals surface area (Å²) in [6.07, 6.45) is 2.25. The fraction of sp³-hybridized carbons (Fsp3) is 0.286. The van der Waals surface area contributed by atoms with E-state index < -0.39 is 0 Å². The first kappa shape index (κ1) is 22.7. The summed E-state index contributed by atoms with van der Waals surface area (Å²) in [5.41, 5.74) is 2.95. The molecule has 1 fully saturated rings. The van der Waals surface area contributed by atoms with E-state index >= 15 is 0 Å². The Bertz CT molecular complexity index is 985. The zero-order valence-electron chi connectivity index (χ0n) is 18.8. The van der Waals surface area contributed by atoms with E-state index in [9.17, 15) is 9.59 Å². The predicted octanol–water partition coefficient (Wildman–Crippen LogP) is 4.63. The van der Waals surface area contributed by atoms with E-state index in [2.05, 4.69) is 15.5 Å². The maximum atomic E-state index is 12.9. The van der Waals surface area contributed by atoms with Gasteiger partial charge in [-0.05, 0) is 42.6 Å². The summed E-state index contributed by atoms with van der Waals surface area (Å²) in [6.45, 7) is 2.26. The summed E-state index contributed by atoms with van der Waals surface area (Å²) in [5.74, 6) is 0.0236. The molecular weight excluding hydrogens is 410 g/mol. The van der Waals surface area contributed by atoms with Crippen LogP contribution in [0.15, 0.2) is 91.0 Å². The van der Waals surface area contributed by atoms with Gasteiger partial charge < -0.3 is 15.5 Å². The van der Waals surface area contributed by atoms with E-state index in [0.717, 1.165) is 36.2 Å². The van der Waals surface area contributed by atoms with Crippen molar-refractivity contribution in [1.29, 1.82) is 0 Å². The van der Waals surface area contributed by atoms with Gasteiger partial charge in [0.1, 0.15) is 0 Å². The largest absolute Gasteiger partial charge is 0.345 e. The van der Waals surface area contributed by atoms with Gasteiger partial charge in [-0.3, -0.25) is 9.59 Å². The maximum Gasteiger partial charge on any atom is 0.228 e. The highest BCUT2D eigenvalue weighted by molar-refractivity contribution is 5.92. The fourth-order valence-electron chi connectivity index (χ4n) is 4.38. The smallest absolute Gasteiger partial charge is 0.228 e. The van der Waals surface area contributed by atoms with Gasteiger partial charge in [0.15, 0.2) is 0 Å². The number of para-hydroxylation sites is 1. The number of rotatable bonds is 8. The summed E-state index contributed by atoms with van der Waals surface area (Å²) in [7, 11) is 0. The Labute approximate surface area is 195 Å². The normalized spacial score (nSPS) is 16.3. The van der Waals surface area contributed by atoms with E-state index in [0.29, 0.717) is 19.5 Å². The van der Waals surface area contributed by atoms with Gasteiger partial charge >= 0.3 is 0 Å². The Balaban J connectivity index is 1.31. The molecule has 5 nitrogen and oxygen atoms in total. The lowest BCUT2D eigenvalue weighted by Gasteiger charge is -2.32. The summed E-state index contributed by atoms with van der Waals surface area (Å²) in [6, 6.07) is 29.5. The van der Waals surface area contributed by atoms with Crippen LogP contribution in [-0.4, -0.2) is 36.3 Å². The molecule has 0 aliphatic carbocycles. The SMILES string of the molecule is O=C(CCN1CCCC(C(=O)Nc2ccccc2)C1)NC(c1ccccc1)c1ccccc1. The summed E-state index contributed by atoms with van der Waals surface area (Å²) in [5, 5.41) is 6.23. The predicted molar refractivity (Wildman–Crippen MR) is 132 cm³/mol. The van der Waals surface area contributed by atoms with Gasteiger partial charge in [-0.25, -0.2) is 0 Å². The minimum Gasteiger partial charge on any atom is -0.345 e. The molecule has 1 unspecified atom stereocenters. The van der Waals surface area contributed by atoms with Crippen LogP contribution < -0.4 is 10.6 Å². The highest BCUT2D eigenvalue weighted by Crippen LogP contribution is 2.22. The molecule has 3 aromatic rings. The summed E-state index contributed by atoms with van der Waals surface area (Å²) < 4.78 is 0. The standard InChI is InChI=1S/C28H31N3O2/c32-26(30-27(22-11-4-1-5-12-22)23-13-6-2-7-14-23)18-20-31-19-10-15-24(21-31)28(33)29-25-16-8-3-9-17-25/h1-9,11-14,16-17,24,27H,10,15,18-21H2,(H,29,33)(H,30,32). The highest BCUT2D eigenvalue weighted by Gasteiger charge is 2.26. The topological polar surface area (TPSA) is 61.4 Å². The molecule has 2 N–H and O–H groups in total. The number of amides is 2. The van der Waals surface area contributed by atoms with Crippen molar-refractivity contribution in [2.75, 3.05) is 25.0 Å². The number of piperidine rings is 1. The monoisotopic (exact) mass is 441 g/mol. The van der Waals surface area contributed by atoms with E-state index in [-0.39, 0.29) is 23.8 Å². The number of carbonyl (C=O) groups excluding carboxylic acids is 2. The van der Waals surface area contributed by atoms with Crippen LogP contribution in [0.5, 0.6) is 0 Å². The molecule has 4 rings (SSSR count). The van der Waals surface area contributed by atoms with Crippen LogP contribution >= 0.6 is 0 Å². The summed E-state index contributed by atoms with van der Waals surface area (Å²) in [4.78, 5) is 27.8. The Morgan fingerprint density at radius 2 is 1.42 bits per heavy atom. The molecular formula is C28H31N3O2. The van der Waals surface area contributed by atoms with Crippen LogP contribution in [0.1, 0.15) is 36.4 Å². The second kappa shape index (κ2) is 11.4. The molecule has 1 aliphatic heterocycles. The zero-order chi connectivity index (χ0) is 22.9. The summed E-state index contributed by atoms with van der Waals surface area (Å²) >= 11 is 0. The molecule has 5 heteroatoms. The highest BCUT2D eigenvalue weighted by atomic mass is 16.2. The van der Waals surface area contributed by atoms with E-state index in [1.165, 1.54) is 0 Å². The van der Waals surface area contributed by atoms with Gasteiger partial charge in [0.2, 0.25) is 11.8 Å². The molecule has 2 amide bonds. The molecule has 1 heterocycles. The van der Waals surface area contributed by atoms with Crippen molar-refractivity contribution in [3.63, 3.8) is 0 Å². The Morgan fingerprint density at radius 3 is 2.03 bits per heavy atom. The average molecular weight is 442 g/mol. The van der Waals surface area contributed by atoms with Gasteiger partial charge in [0.05, 0.1) is 12.0 Å². The van der Waals surface area contributed by atoms with Crippen LogP contribution in [0.4, 0.5) is 5.69 Å². The van der Waals surface area contributed by atoms with Crippen LogP contribution in [0.3, 0.4) is 0 Å². The molecule has 0 spiro atoms. The molecule has 0 radical (unpaired) electrons. The Morgan fingerprint density at radius 1 is 0.848 bits per heavy atom. The molecule has 0 bridgehead atoms. The van der Waals surface area contributed by atoms with E-state index in [4.69, 9.17) is 0 Å². The molecule has 170 valence electrons. The zero-order valence-corrected chi connectivity index (χ0v) is 18.8. The first-order chi connectivity index (χ1) is 16.2. The van der Waals surface area contributed by atoms with Crippen molar-refractivity contribution in [1.82, 2.24) is 10.2 Å². The molecule has 1 atom stereocenters. The second-order valence-electron chi connectivity index (χ2n) is 8.57. The molecule has 3 aromatic carbocycles. The minimum absolute atomic E-state index is 0.0172. The lowest BCUT2D eigenvalue weighted by molar-refractivity contribution is -0.122. The maximum absolute atomic E-state index is 12.9. The number of nitrogens with one attached hydrogen (secondary N) is 2. The van der Waals surface area contributed by atoms with Crippen molar-refractivity contribution in [3.05, 3.63) is 102 Å². The number of likely N-dealkylation sites (tertiary alicyclic amines) is 1. The van der Waals surface area contributed by atoms with Crippen molar-refractivity contribution < 1.29 is 9.59 Å². The lowest BCUT2D eigenvalue weighted by atomic mass is 9.96. The average Bonchev–Trinajstić information content (AvgIpc) is 2.88. The molecule has 33 heavy (non-hydrogen) atoms. The van der Waals surface area contributed by atoms with Crippen LogP contribution in [-0.2, 0) is 9.59 Å². The van der Waals surface area contributed by atoms with Crippen molar-refractivity contribution in [2.24, 2.45) is 5.92 Å². The van der Waals surface area contributed by atoms with Gasteiger partial charge in [-0.1, -0.05) is 78.9 Å². The Hall–Kier alpha value is -3.44. The molecule has 0 aromatic heterocycles. The minimum atomic E-state index is -0.175. The first-order valence-corrected chi connectivity index (χ1v) is 11.7. The number of carbonyl (C=O) groups is 2. The van der Waals surface area contributed by atoms with Crippen molar-refractivity contribution >= 4 is 17.5 Å². The van der Waals surface area contributed by atoms with E-state index in [1.54, 1.807) is 0 Å². The van der Waals surface area contributed by atoms with Gasteiger partial charge in [0.25, 0.3) is 0 Å². The first-order valence-electron chi connectivity index (χ1n) is 11.7. The number of hydrogen-bond acceptors (Lipinski definition) is 3. The fourth-order valence-corrected chi connectivity index (χ4v) is 4.38. The van der Waals surface area contributed by atoms with Crippen molar-refractivity contribution in [3.8, 4) is 0 Å². The van der Waals surface area contributed by atoms with Gasteiger partial charge in [0, 0.05) is 25.2 Å². The van der Waals surface area contributed by atoms with Crippen LogP contribution in [0, 0.1) is 5.92 Å². The third-order valence-corrected chi connectivity index (χ3v) is 6.14. The molecule has 0 saturated carbocycles. The lowest BCUT2D eigenvalue weighted by Crippen LogP contribution is -2.42. The van der Waals surface area contributed by atoms with Crippen molar-refractivity contribution in [2.45, 2.75) is 25.3 Å². The van der Waals surface area contributed by atoms with Gasteiger partial charge in [-0.2, -0.15) is 0 Å². The number of anilines is 1. The quantitative estimate of drug-likeness (QED) is 0.536. The molecule has 1 saturated heterocycles. The number of hydrogen-bond donors (Lipinski definition) is 2. The van der Waals surface area contributed by atoms with Gasteiger partial charge in [-0.15, -0.1) is 0 Å². The van der Waals surface area contributed by atoms with Crippen LogP contribution in [0.2, 0.25) is 0 Å². The molecule has 1 aliphatic rings. The van der Waals surface area contributed by atoms with Crippen LogP contribution in [0.25, 0.3) is 0 Å². The number of nitrogens with zero attached hydrogens (tertiary/aromatic N) is 1. The second-order valence-corrected chi connectivity index (χ2v) is 8.57. The number of benzene rings is 3. The van der Waals surface area contributed by atoms with E-state index in [1.807, 2.05) is 91.0 Å². The Kier molecular flexibility index (Phi) is 7.88.